The molecule has 0 aromatic carbocycles. The Hall–Kier alpha value is -2.66. The summed E-state index contributed by atoms with van der Waals surface area (Å²) in [4.78, 5) is 25.2. The first kappa shape index (κ1) is 53.3. The van der Waals surface area contributed by atoms with E-state index in [-0.39, 0.29) is 25.2 Å². The average molecular weight is 781 g/mol. The molecule has 0 heterocycles. The summed E-state index contributed by atoms with van der Waals surface area (Å²) in [5.74, 6) is -0.442. The maximum Gasteiger partial charge on any atom is 0.306 e. The number of rotatable bonds is 42. The molecule has 1 unspecified atom stereocenters. The second-order valence-corrected chi connectivity index (χ2v) is 15.3. The van der Waals surface area contributed by atoms with Crippen LogP contribution in [-0.4, -0.2) is 37.9 Å². The maximum absolute atomic E-state index is 12.7. The molecule has 0 aliphatic heterocycles. The number of unbranched alkanes of at least 4 members (excludes halogenated alkanes) is 19. The highest BCUT2D eigenvalue weighted by Gasteiger charge is 2.17. The van der Waals surface area contributed by atoms with Crippen LogP contribution < -0.4 is 0 Å². The number of carbonyl (C=O) groups is 2. The van der Waals surface area contributed by atoms with Gasteiger partial charge in [-0.05, 0) is 89.9 Å². The van der Waals surface area contributed by atoms with Crippen molar-refractivity contribution in [3.63, 3.8) is 0 Å². The molecule has 0 aromatic heterocycles. The van der Waals surface area contributed by atoms with Gasteiger partial charge in [-0.3, -0.25) is 9.59 Å². The maximum atomic E-state index is 12.7. The van der Waals surface area contributed by atoms with Crippen molar-refractivity contribution in [1.82, 2.24) is 0 Å². The summed E-state index contributed by atoms with van der Waals surface area (Å²) >= 11 is 0. The minimum absolute atomic E-state index is 0.0655. The van der Waals surface area contributed by atoms with Crippen molar-refractivity contribution in [3.05, 3.63) is 72.9 Å². The fourth-order valence-electron chi connectivity index (χ4n) is 6.24. The minimum atomic E-state index is -0.551. The molecule has 0 spiro atoms. The molecule has 1 atom stereocenters. The van der Waals surface area contributed by atoms with E-state index in [0.717, 1.165) is 103 Å². The van der Waals surface area contributed by atoms with Crippen molar-refractivity contribution < 1.29 is 23.8 Å². The van der Waals surface area contributed by atoms with Crippen molar-refractivity contribution in [3.8, 4) is 0 Å². The van der Waals surface area contributed by atoms with Gasteiger partial charge in [0.25, 0.3) is 0 Å². The lowest BCUT2D eigenvalue weighted by Gasteiger charge is -2.18. The van der Waals surface area contributed by atoms with E-state index >= 15 is 0 Å². The fourth-order valence-corrected chi connectivity index (χ4v) is 6.24. The third-order valence-corrected chi connectivity index (χ3v) is 9.73. The van der Waals surface area contributed by atoms with E-state index in [2.05, 4.69) is 93.7 Å². The summed E-state index contributed by atoms with van der Waals surface area (Å²) in [5, 5.41) is 0. The summed E-state index contributed by atoms with van der Waals surface area (Å²) in [5.41, 5.74) is 0. The molecule has 0 aliphatic rings. The van der Waals surface area contributed by atoms with Crippen LogP contribution in [0.1, 0.15) is 213 Å². The highest BCUT2D eigenvalue weighted by atomic mass is 16.6. The Morgan fingerprint density at radius 3 is 1.32 bits per heavy atom. The molecular weight excluding hydrogens is 693 g/mol. The molecule has 0 aliphatic carbocycles. The Kier molecular flexibility index (Phi) is 44.5. The van der Waals surface area contributed by atoms with Crippen molar-refractivity contribution in [2.24, 2.45) is 0 Å². The number of allylic oxidation sites excluding steroid dienone is 12. The van der Waals surface area contributed by atoms with E-state index in [4.69, 9.17) is 14.2 Å². The Bertz CT molecular complexity index is 1020. The zero-order valence-electron chi connectivity index (χ0n) is 36.9. The molecule has 0 amide bonds. The van der Waals surface area contributed by atoms with Crippen molar-refractivity contribution in [2.45, 2.75) is 219 Å². The zero-order valence-corrected chi connectivity index (χ0v) is 36.9. The van der Waals surface area contributed by atoms with Crippen LogP contribution in [0.3, 0.4) is 0 Å². The predicted octanol–water partition coefficient (Wildman–Crippen LogP) is 15.6. The highest BCUT2D eigenvalue weighted by Crippen LogP contribution is 2.12. The minimum Gasteiger partial charge on any atom is -0.462 e. The first-order chi connectivity index (χ1) is 27.6. The molecule has 0 saturated carbocycles. The number of ether oxygens (including phenoxy) is 3. The summed E-state index contributed by atoms with van der Waals surface area (Å²) in [7, 11) is 0. The molecule has 5 heteroatoms. The monoisotopic (exact) mass is 781 g/mol. The van der Waals surface area contributed by atoms with Gasteiger partial charge in [0.1, 0.15) is 6.61 Å². The molecule has 0 aromatic rings. The summed E-state index contributed by atoms with van der Waals surface area (Å²) in [6.45, 7) is 7.63. The largest absolute Gasteiger partial charge is 0.462 e. The van der Waals surface area contributed by atoms with Gasteiger partial charge in [0.2, 0.25) is 0 Å². The average Bonchev–Trinajstić information content (AvgIpc) is 3.20. The molecule has 0 saturated heterocycles. The SMILES string of the molecule is CC/C=C\C/C=C\C/C=C\C/C=C\CCCCCCC(=O)OCC(COCCCCCCCCCC)OC(=O)CCCCCCC/C=C\C/C=C\CCCCC. The lowest BCUT2D eigenvalue weighted by Crippen LogP contribution is -2.30. The van der Waals surface area contributed by atoms with Gasteiger partial charge in [-0.1, -0.05) is 184 Å². The molecule has 0 radical (unpaired) electrons. The van der Waals surface area contributed by atoms with Crippen LogP contribution in [-0.2, 0) is 23.8 Å². The van der Waals surface area contributed by atoms with E-state index in [1.165, 1.54) is 77.0 Å². The predicted molar refractivity (Wildman–Crippen MR) is 242 cm³/mol. The van der Waals surface area contributed by atoms with Crippen LogP contribution in [0.25, 0.3) is 0 Å². The normalized spacial score (nSPS) is 12.8. The van der Waals surface area contributed by atoms with Gasteiger partial charge in [-0.25, -0.2) is 0 Å². The van der Waals surface area contributed by atoms with Gasteiger partial charge in [0, 0.05) is 19.4 Å². The third kappa shape index (κ3) is 44.1. The topological polar surface area (TPSA) is 61.8 Å². The van der Waals surface area contributed by atoms with Crippen LogP contribution in [0.15, 0.2) is 72.9 Å². The van der Waals surface area contributed by atoms with E-state index in [9.17, 15) is 9.59 Å². The van der Waals surface area contributed by atoms with E-state index < -0.39 is 6.10 Å². The summed E-state index contributed by atoms with van der Waals surface area (Å²) in [6.07, 6.45) is 59.0. The van der Waals surface area contributed by atoms with E-state index in [0.29, 0.717) is 19.4 Å². The highest BCUT2D eigenvalue weighted by molar-refractivity contribution is 5.70. The Morgan fingerprint density at radius 1 is 0.411 bits per heavy atom. The van der Waals surface area contributed by atoms with Crippen molar-refractivity contribution >= 4 is 11.9 Å². The van der Waals surface area contributed by atoms with Crippen molar-refractivity contribution in [1.29, 1.82) is 0 Å². The Labute approximate surface area is 347 Å². The molecule has 56 heavy (non-hydrogen) atoms. The Balaban J connectivity index is 4.26. The fraction of sp³-hybridized carbons (Fsp3) is 0.725. The summed E-state index contributed by atoms with van der Waals surface area (Å²) < 4.78 is 17.3. The van der Waals surface area contributed by atoms with Crippen LogP contribution in [0, 0.1) is 0 Å². The molecule has 322 valence electrons. The first-order valence-corrected chi connectivity index (χ1v) is 23.5. The second-order valence-electron chi connectivity index (χ2n) is 15.3. The molecule has 0 rings (SSSR count). The molecule has 0 N–H and O–H groups in total. The van der Waals surface area contributed by atoms with E-state index in [1.54, 1.807) is 0 Å². The number of hydrogen-bond donors (Lipinski definition) is 0. The van der Waals surface area contributed by atoms with Crippen LogP contribution in [0.4, 0.5) is 0 Å². The van der Waals surface area contributed by atoms with Gasteiger partial charge in [-0.15, -0.1) is 0 Å². The van der Waals surface area contributed by atoms with Crippen LogP contribution in [0.5, 0.6) is 0 Å². The molecule has 5 nitrogen and oxygen atoms in total. The van der Waals surface area contributed by atoms with Gasteiger partial charge in [0.05, 0.1) is 6.61 Å². The second kappa shape index (κ2) is 46.7. The van der Waals surface area contributed by atoms with Crippen LogP contribution >= 0.6 is 0 Å². The number of carbonyl (C=O) groups excluding carboxylic acids is 2. The smallest absolute Gasteiger partial charge is 0.306 e. The first-order valence-electron chi connectivity index (χ1n) is 23.5. The quantitative estimate of drug-likeness (QED) is 0.0351. The number of hydrogen-bond acceptors (Lipinski definition) is 5. The standard InChI is InChI=1S/C51H88O5/c1-4-7-10-13-16-19-21-23-25-26-28-29-31-33-35-38-41-44-50(52)55-48-49(47-54-46-43-40-37-18-15-12-9-6-3)56-51(53)45-42-39-36-34-32-30-27-24-22-20-17-14-11-8-5-2/h7,10,16-17,19-20,23-25,27-29,49H,4-6,8-9,11-15,18,21-22,26,30-48H2,1-3H3/b10-7-,19-16-,20-17-,25-23-,27-24-,29-28-. The summed E-state index contributed by atoms with van der Waals surface area (Å²) in [6, 6.07) is 0. The third-order valence-electron chi connectivity index (χ3n) is 9.73. The zero-order chi connectivity index (χ0) is 40.7. The van der Waals surface area contributed by atoms with E-state index in [1.807, 2.05) is 0 Å². The lowest BCUT2D eigenvalue weighted by atomic mass is 10.1. The number of esters is 2. The molecular formula is C51H88O5. The van der Waals surface area contributed by atoms with Gasteiger partial charge in [0.15, 0.2) is 6.10 Å². The Morgan fingerprint density at radius 2 is 0.804 bits per heavy atom. The molecule has 0 fully saturated rings. The molecule has 0 bridgehead atoms. The van der Waals surface area contributed by atoms with Crippen molar-refractivity contribution in [2.75, 3.05) is 19.8 Å². The van der Waals surface area contributed by atoms with Gasteiger partial charge in [-0.2, -0.15) is 0 Å². The van der Waals surface area contributed by atoms with Gasteiger partial charge >= 0.3 is 11.9 Å². The van der Waals surface area contributed by atoms with Crippen LogP contribution in [0.2, 0.25) is 0 Å². The van der Waals surface area contributed by atoms with Gasteiger partial charge < -0.3 is 14.2 Å². The lowest BCUT2D eigenvalue weighted by molar-refractivity contribution is -0.163.